The first-order valence-corrected chi connectivity index (χ1v) is 5.90. The maximum absolute atomic E-state index is 5.29. The number of hydrogen-bond donors (Lipinski definition) is 1. The second-order valence-corrected chi connectivity index (χ2v) is 3.98. The predicted octanol–water partition coefficient (Wildman–Crippen LogP) is 1.20. The lowest BCUT2D eigenvalue weighted by atomic mass is 10.3. The molecule has 5 heteroatoms. The topological polar surface area (TPSA) is 54.2 Å². The zero-order valence-electron chi connectivity index (χ0n) is 10.7. The molecule has 0 amide bonds. The molecule has 0 spiro atoms. The number of nitrogens with one attached hydrogen (secondary N) is 1. The molecule has 0 aliphatic rings. The summed E-state index contributed by atoms with van der Waals surface area (Å²) in [5.74, 6) is 1.28. The van der Waals surface area contributed by atoms with E-state index in [0.29, 0.717) is 24.4 Å². The van der Waals surface area contributed by atoms with E-state index in [1.807, 2.05) is 0 Å². The molecule has 0 fully saturated rings. The van der Waals surface area contributed by atoms with Gasteiger partial charge in [-0.3, -0.25) is 0 Å². The lowest BCUT2D eigenvalue weighted by Gasteiger charge is -2.22. The monoisotopic (exact) mass is 226 g/mol. The van der Waals surface area contributed by atoms with Gasteiger partial charge in [0.05, 0.1) is 6.54 Å². The third-order valence-electron chi connectivity index (χ3n) is 2.60. The van der Waals surface area contributed by atoms with E-state index in [2.05, 4.69) is 41.2 Å². The van der Waals surface area contributed by atoms with E-state index >= 15 is 0 Å². The molecule has 0 radical (unpaired) electrons. The summed E-state index contributed by atoms with van der Waals surface area (Å²) in [6.07, 6.45) is 0. The molecule has 1 atom stereocenters. The Morgan fingerprint density at radius 3 is 2.50 bits per heavy atom. The van der Waals surface area contributed by atoms with Gasteiger partial charge in [0.1, 0.15) is 0 Å². The summed E-state index contributed by atoms with van der Waals surface area (Å²) in [6, 6.07) is 0.423. The molecule has 0 bridgehead atoms. The largest absolute Gasteiger partial charge is 0.424 e. The van der Waals surface area contributed by atoms with Crippen LogP contribution in [0.15, 0.2) is 4.42 Å². The van der Waals surface area contributed by atoms with Gasteiger partial charge in [-0.05, 0) is 20.0 Å². The van der Waals surface area contributed by atoms with Crippen molar-refractivity contribution in [2.45, 2.75) is 40.3 Å². The van der Waals surface area contributed by atoms with Crippen LogP contribution < -0.4 is 5.32 Å². The van der Waals surface area contributed by atoms with Gasteiger partial charge in [-0.25, -0.2) is 0 Å². The second-order valence-electron chi connectivity index (χ2n) is 3.98. The average Bonchev–Trinajstić information content (AvgIpc) is 2.69. The third kappa shape index (κ3) is 4.28. The summed E-state index contributed by atoms with van der Waals surface area (Å²) in [6.45, 7) is 12.2. The van der Waals surface area contributed by atoms with Crippen LogP contribution in [0.2, 0.25) is 0 Å². The highest BCUT2D eigenvalue weighted by atomic mass is 16.4. The van der Waals surface area contributed by atoms with E-state index in [0.717, 1.165) is 19.6 Å². The van der Waals surface area contributed by atoms with Crippen LogP contribution in [-0.2, 0) is 6.54 Å². The molecular weight excluding hydrogens is 204 g/mol. The normalized spacial score (nSPS) is 13.3. The molecule has 5 nitrogen and oxygen atoms in total. The van der Waals surface area contributed by atoms with Crippen LogP contribution in [0.1, 0.15) is 32.6 Å². The number of aryl methyl sites for hydroxylation is 1. The Morgan fingerprint density at radius 2 is 2.00 bits per heavy atom. The highest BCUT2D eigenvalue weighted by Gasteiger charge is 2.08. The molecule has 1 N–H and O–H groups in total. The maximum atomic E-state index is 5.29. The zero-order chi connectivity index (χ0) is 12.0. The van der Waals surface area contributed by atoms with Gasteiger partial charge in [0, 0.05) is 19.5 Å². The lowest BCUT2D eigenvalue weighted by molar-refractivity contribution is 0.267. The van der Waals surface area contributed by atoms with Crippen LogP contribution in [0.4, 0.5) is 0 Å². The first-order chi connectivity index (χ1) is 7.65. The summed E-state index contributed by atoms with van der Waals surface area (Å²) in [5, 5.41) is 11.1. The van der Waals surface area contributed by atoms with Crippen molar-refractivity contribution in [3.63, 3.8) is 0 Å². The molecule has 1 heterocycles. The molecular formula is C11H22N4O. The van der Waals surface area contributed by atoms with Crippen molar-refractivity contribution in [3.05, 3.63) is 11.8 Å². The van der Waals surface area contributed by atoms with Gasteiger partial charge in [0.25, 0.3) is 0 Å². The van der Waals surface area contributed by atoms with Crippen molar-refractivity contribution >= 4 is 0 Å². The van der Waals surface area contributed by atoms with E-state index in [4.69, 9.17) is 4.42 Å². The minimum absolute atomic E-state index is 0.423. The number of rotatable bonds is 7. The van der Waals surface area contributed by atoms with Crippen molar-refractivity contribution < 1.29 is 4.42 Å². The molecule has 0 saturated heterocycles. The van der Waals surface area contributed by atoms with Crippen molar-refractivity contribution in [2.24, 2.45) is 0 Å². The van der Waals surface area contributed by atoms with E-state index < -0.39 is 0 Å². The predicted molar refractivity (Wildman–Crippen MR) is 63.1 cm³/mol. The van der Waals surface area contributed by atoms with E-state index in [-0.39, 0.29) is 0 Å². The van der Waals surface area contributed by atoms with Crippen molar-refractivity contribution in [1.29, 1.82) is 0 Å². The van der Waals surface area contributed by atoms with Crippen LogP contribution in [-0.4, -0.2) is 40.8 Å². The number of aromatic nitrogens is 2. The summed E-state index contributed by atoms with van der Waals surface area (Å²) >= 11 is 0. The highest BCUT2D eigenvalue weighted by Crippen LogP contribution is 1.98. The summed E-state index contributed by atoms with van der Waals surface area (Å²) < 4.78 is 5.29. The van der Waals surface area contributed by atoms with Crippen LogP contribution in [0.3, 0.4) is 0 Å². The number of hydrogen-bond acceptors (Lipinski definition) is 5. The van der Waals surface area contributed by atoms with E-state index in [9.17, 15) is 0 Å². The fraction of sp³-hybridized carbons (Fsp3) is 0.818. The van der Waals surface area contributed by atoms with Gasteiger partial charge in [-0.2, -0.15) is 0 Å². The number of nitrogens with zero attached hydrogens (tertiary/aromatic N) is 3. The van der Waals surface area contributed by atoms with Crippen LogP contribution >= 0.6 is 0 Å². The minimum Gasteiger partial charge on any atom is -0.424 e. The summed E-state index contributed by atoms with van der Waals surface area (Å²) in [4.78, 5) is 2.39. The quantitative estimate of drug-likeness (QED) is 0.757. The Balaban J connectivity index is 2.26. The van der Waals surface area contributed by atoms with Crippen LogP contribution in [0.25, 0.3) is 0 Å². The molecule has 1 aromatic rings. The van der Waals surface area contributed by atoms with Crippen LogP contribution in [0.5, 0.6) is 0 Å². The number of likely N-dealkylation sites (N-methyl/N-ethyl adjacent to an activating group) is 1. The Labute approximate surface area is 97.2 Å². The molecule has 1 unspecified atom stereocenters. The SMILES string of the molecule is CCN(CC)CC(C)NCc1nnc(C)o1. The van der Waals surface area contributed by atoms with Gasteiger partial charge in [0.2, 0.25) is 11.8 Å². The Bertz CT molecular complexity index is 296. The van der Waals surface area contributed by atoms with E-state index in [1.165, 1.54) is 0 Å². The van der Waals surface area contributed by atoms with Crippen molar-refractivity contribution in [1.82, 2.24) is 20.4 Å². The fourth-order valence-corrected chi connectivity index (χ4v) is 1.60. The minimum atomic E-state index is 0.423. The first kappa shape index (κ1) is 13.1. The molecule has 1 rings (SSSR count). The average molecular weight is 226 g/mol. The maximum Gasteiger partial charge on any atom is 0.230 e. The molecule has 0 aliphatic carbocycles. The van der Waals surface area contributed by atoms with Gasteiger partial charge < -0.3 is 14.6 Å². The Kier molecular flexibility index (Phi) is 5.42. The van der Waals surface area contributed by atoms with Crippen molar-refractivity contribution in [3.8, 4) is 0 Å². The summed E-state index contributed by atoms with van der Waals surface area (Å²) in [5.41, 5.74) is 0. The molecule has 16 heavy (non-hydrogen) atoms. The molecule has 1 aromatic heterocycles. The van der Waals surface area contributed by atoms with Gasteiger partial charge in [-0.15, -0.1) is 10.2 Å². The summed E-state index contributed by atoms with van der Waals surface area (Å²) in [7, 11) is 0. The van der Waals surface area contributed by atoms with Crippen LogP contribution in [0, 0.1) is 6.92 Å². The van der Waals surface area contributed by atoms with E-state index in [1.54, 1.807) is 6.92 Å². The third-order valence-corrected chi connectivity index (χ3v) is 2.60. The fourth-order valence-electron chi connectivity index (χ4n) is 1.60. The highest BCUT2D eigenvalue weighted by molar-refractivity contribution is 4.79. The molecule has 92 valence electrons. The molecule has 0 aromatic carbocycles. The van der Waals surface area contributed by atoms with Gasteiger partial charge in [-0.1, -0.05) is 13.8 Å². The zero-order valence-corrected chi connectivity index (χ0v) is 10.7. The molecule has 0 aliphatic heterocycles. The van der Waals surface area contributed by atoms with Gasteiger partial charge >= 0.3 is 0 Å². The van der Waals surface area contributed by atoms with Crippen molar-refractivity contribution in [2.75, 3.05) is 19.6 Å². The Morgan fingerprint density at radius 1 is 1.31 bits per heavy atom. The standard InChI is InChI=1S/C11H22N4O/c1-5-15(6-2)8-9(3)12-7-11-14-13-10(4)16-11/h9,12H,5-8H2,1-4H3. The first-order valence-electron chi connectivity index (χ1n) is 5.90. The smallest absolute Gasteiger partial charge is 0.230 e. The Hall–Kier alpha value is -0.940. The second kappa shape index (κ2) is 6.60. The lowest BCUT2D eigenvalue weighted by Crippen LogP contribution is -2.38. The molecule has 0 saturated carbocycles. The van der Waals surface area contributed by atoms with Gasteiger partial charge in [0.15, 0.2) is 0 Å².